The van der Waals surface area contributed by atoms with Crippen molar-refractivity contribution in [3.63, 3.8) is 0 Å². The van der Waals surface area contributed by atoms with Crippen LogP contribution in [-0.4, -0.2) is 9.97 Å². The smallest absolute Gasteiger partial charge is 0.150 e. The van der Waals surface area contributed by atoms with Crippen LogP contribution in [0.25, 0.3) is 0 Å². The van der Waals surface area contributed by atoms with Crippen LogP contribution in [0.2, 0.25) is 5.02 Å². The van der Waals surface area contributed by atoms with Crippen LogP contribution in [0.1, 0.15) is 5.82 Å². The number of rotatable bonds is 1. The molecule has 0 aliphatic carbocycles. The lowest BCUT2D eigenvalue weighted by Crippen LogP contribution is -2.10. The second-order valence-corrected chi connectivity index (χ2v) is 2.73. The van der Waals surface area contributed by atoms with E-state index >= 15 is 0 Å². The number of aromatic nitrogens is 2. The maximum absolute atomic E-state index is 5.72. The minimum Gasteiger partial charge on any atom is -0.328 e. The van der Waals surface area contributed by atoms with Crippen molar-refractivity contribution in [2.45, 2.75) is 6.92 Å². The van der Waals surface area contributed by atoms with E-state index < -0.39 is 0 Å². The van der Waals surface area contributed by atoms with Gasteiger partial charge in [0, 0.05) is 0 Å². The maximum atomic E-state index is 5.72. The molecule has 6 heteroatoms. The summed E-state index contributed by atoms with van der Waals surface area (Å²) in [5, 5.41) is 0.341. The Bertz CT molecular complexity index is 321. The average molecular weight is 191 g/mol. The van der Waals surface area contributed by atoms with E-state index in [1.807, 2.05) is 0 Å². The summed E-state index contributed by atoms with van der Waals surface area (Å²) >= 11 is 10.6. The summed E-state index contributed by atoms with van der Waals surface area (Å²) in [5.74, 6) is 6.31. The molecule has 0 aromatic carbocycles. The zero-order valence-electron chi connectivity index (χ0n) is 5.81. The number of hydrogen-bond donors (Lipinski definition) is 3. The predicted molar refractivity (Wildman–Crippen MR) is 47.0 cm³/mol. The molecular weight excluding hydrogens is 184 g/mol. The summed E-state index contributed by atoms with van der Waals surface area (Å²) in [4.78, 5) is 6.73. The number of nitrogen functional groups attached to an aromatic ring is 1. The molecule has 0 unspecified atom stereocenters. The summed E-state index contributed by atoms with van der Waals surface area (Å²) in [6.45, 7) is 1.77. The lowest BCUT2D eigenvalue weighted by Gasteiger charge is -2.03. The van der Waals surface area contributed by atoms with Gasteiger partial charge in [0.25, 0.3) is 0 Å². The van der Waals surface area contributed by atoms with E-state index in [0.29, 0.717) is 21.3 Å². The highest BCUT2D eigenvalue weighted by atomic mass is 35.5. The van der Waals surface area contributed by atoms with Crippen LogP contribution in [0.5, 0.6) is 0 Å². The quantitative estimate of drug-likeness (QED) is 0.356. The van der Waals surface area contributed by atoms with Crippen molar-refractivity contribution in [3.05, 3.63) is 15.5 Å². The second-order valence-electron chi connectivity index (χ2n) is 1.96. The minimum absolute atomic E-state index is 0.341. The van der Waals surface area contributed by atoms with Crippen molar-refractivity contribution in [2.24, 2.45) is 5.84 Å². The molecule has 0 fully saturated rings. The third-order valence-electron chi connectivity index (χ3n) is 1.13. The van der Waals surface area contributed by atoms with Gasteiger partial charge < -0.3 is 10.4 Å². The molecule has 60 valence electrons. The van der Waals surface area contributed by atoms with E-state index in [2.05, 4.69) is 15.4 Å². The SMILES string of the molecule is Cc1nc(=S)c(Cl)c(NN)[nH]1. The van der Waals surface area contributed by atoms with Crippen molar-refractivity contribution in [1.82, 2.24) is 9.97 Å². The van der Waals surface area contributed by atoms with E-state index in [1.54, 1.807) is 6.92 Å². The molecule has 0 saturated heterocycles. The first-order chi connectivity index (χ1) is 5.15. The molecule has 4 nitrogen and oxygen atoms in total. The van der Waals surface area contributed by atoms with Crippen LogP contribution in [-0.2, 0) is 0 Å². The molecule has 0 amide bonds. The Morgan fingerprint density at radius 2 is 2.36 bits per heavy atom. The predicted octanol–water partition coefficient (Wildman–Crippen LogP) is 1.39. The van der Waals surface area contributed by atoms with Gasteiger partial charge in [0.1, 0.15) is 16.7 Å². The molecule has 1 rings (SSSR count). The monoisotopic (exact) mass is 190 g/mol. The number of hydrazine groups is 1. The second kappa shape index (κ2) is 3.17. The number of aromatic amines is 1. The number of nitrogens with two attached hydrogens (primary N) is 1. The fourth-order valence-electron chi connectivity index (χ4n) is 0.672. The summed E-state index contributed by atoms with van der Waals surface area (Å²) in [6.07, 6.45) is 0. The molecule has 1 aromatic heterocycles. The summed E-state index contributed by atoms with van der Waals surface area (Å²) in [5.41, 5.74) is 2.38. The molecule has 0 aliphatic rings. The van der Waals surface area contributed by atoms with E-state index in [9.17, 15) is 0 Å². The molecule has 0 bridgehead atoms. The molecule has 0 radical (unpaired) electrons. The van der Waals surface area contributed by atoms with Gasteiger partial charge in [-0.15, -0.1) is 0 Å². The third-order valence-corrected chi connectivity index (χ3v) is 1.90. The Morgan fingerprint density at radius 3 is 2.91 bits per heavy atom. The van der Waals surface area contributed by atoms with E-state index in [1.165, 1.54) is 0 Å². The normalized spacial score (nSPS) is 9.73. The van der Waals surface area contributed by atoms with Crippen molar-refractivity contribution in [1.29, 1.82) is 0 Å². The first-order valence-electron chi connectivity index (χ1n) is 2.88. The van der Waals surface area contributed by atoms with Gasteiger partial charge in [-0.3, -0.25) is 0 Å². The molecule has 11 heavy (non-hydrogen) atoms. The summed E-state index contributed by atoms with van der Waals surface area (Å²) in [7, 11) is 0. The first-order valence-corrected chi connectivity index (χ1v) is 3.67. The van der Waals surface area contributed by atoms with Gasteiger partial charge in [0.2, 0.25) is 0 Å². The van der Waals surface area contributed by atoms with Crippen LogP contribution >= 0.6 is 23.8 Å². The Hall–Kier alpha value is -0.650. The third kappa shape index (κ3) is 1.68. The molecule has 0 saturated carbocycles. The standard InChI is InChI=1S/C5H7ClN4S/c1-2-8-4(10-7)3(6)5(11)9-2/h7H2,1H3,(H2,8,9,10,11). The Morgan fingerprint density at radius 1 is 1.73 bits per heavy atom. The van der Waals surface area contributed by atoms with E-state index in [-0.39, 0.29) is 0 Å². The molecule has 0 spiro atoms. The van der Waals surface area contributed by atoms with Crippen molar-refractivity contribution in [3.8, 4) is 0 Å². The maximum Gasteiger partial charge on any atom is 0.150 e. The number of halogens is 1. The number of anilines is 1. The van der Waals surface area contributed by atoms with Gasteiger partial charge in [0.15, 0.2) is 4.64 Å². The van der Waals surface area contributed by atoms with Gasteiger partial charge in [-0.05, 0) is 6.92 Å². The van der Waals surface area contributed by atoms with Crippen LogP contribution in [0.3, 0.4) is 0 Å². The van der Waals surface area contributed by atoms with Crippen molar-refractivity contribution >= 4 is 29.6 Å². The number of aryl methyl sites for hydroxylation is 1. The van der Waals surface area contributed by atoms with Crippen LogP contribution in [0.15, 0.2) is 0 Å². The first kappa shape index (κ1) is 8.45. The van der Waals surface area contributed by atoms with Gasteiger partial charge in [-0.2, -0.15) is 0 Å². The highest BCUT2D eigenvalue weighted by Crippen LogP contribution is 2.17. The summed E-state index contributed by atoms with van der Waals surface area (Å²) in [6, 6.07) is 0. The molecule has 0 atom stereocenters. The molecule has 1 aromatic rings. The Kier molecular flexibility index (Phi) is 2.43. The number of nitrogens with zero attached hydrogens (tertiary/aromatic N) is 1. The molecule has 1 heterocycles. The molecule has 0 aliphatic heterocycles. The fraction of sp³-hybridized carbons (Fsp3) is 0.200. The highest BCUT2D eigenvalue weighted by molar-refractivity contribution is 7.71. The zero-order chi connectivity index (χ0) is 8.43. The van der Waals surface area contributed by atoms with E-state index in [0.717, 1.165) is 0 Å². The van der Waals surface area contributed by atoms with Gasteiger partial charge in [-0.1, -0.05) is 23.8 Å². The van der Waals surface area contributed by atoms with Gasteiger partial charge in [-0.25, -0.2) is 10.8 Å². The number of nitrogens with one attached hydrogen (secondary N) is 2. The average Bonchev–Trinajstić information content (AvgIpc) is 1.96. The lowest BCUT2D eigenvalue weighted by atomic mass is 10.5. The molecular formula is C5H7ClN4S. The number of hydrogen-bond acceptors (Lipinski definition) is 4. The topological polar surface area (TPSA) is 66.7 Å². The van der Waals surface area contributed by atoms with Gasteiger partial charge >= 0.3 is 0 Å². The van der Waals surface area contributed by atoms with E-state index in [4.69, 9.17) is 29.7 Å². The Balaban J connectivity index is 3.36. The lowest BCUT2D eigenvalue weighted by molar-refractivity contribution is 1.03. The fourth-order valence-corrected chi connectivity index (χ4v) is 1.05. The number of H-pyrrole nitrogens is 1. The van der Waals surface area contributed by atoms with Crippen molar-refractivity contribution in [2.75, 3.05) is 5.43 Å². The van der Waals surface area contributed by atoms with Crippen LogP contribution in [0.4, 0.5) is 5.82 Å². The molecule has 4 N–H and O–H groups in total. The summed E-state index contributed by atoms with van der Waals surface area (Å²) < 4.78 is 0.343. The Labute approximate surface area is 73.8 Å². The van der Waals surface area contributed by atoms with Crippen LogP contribution < -0.4 is 11.3 Å². The largest absolute Gasteiger partial charge is 0.328 e. The minimum atomic E-state index is 0.341. The van der Waals surface area contributed by atoms with Gasteiger partial charge in [0.05, 0.1) is 0 Å². The zero-order valence-corrected chi connectivity index (χ0v) is 7.38. The highest BCUT2D eigenvalue weighted by Gasteiger charge is 2.01. The van der Waals surface area contributed by atoms with Crippen molar-refractivity contribution < 1.29 is 0 Å². The van der Waals surface area contributed by atoms with Crippen LogP contribution in [0, 0.1) is 11.6 Å².